The average molecular weight is 2400 g/mol. The number of nitrogens with zero attached hydrogens (tertiary/aromatic N) is 2. The molecule has 60 heteroatoms. The van der Waals surface area contributed by atoms with Crippen molar-refractivity contribution in [3.05, 3.63) is 199 Å². The fourth-order valence-corrected chi connectivity index (χ4v) is 25.0. The number of hydrogen-bond acceptors (Lipinski definition) is 54. The van der Waals surface area contributed by atoms with Crippen molar-refractivity contribution in [3.63, 3.8) is 0 Å². The molecule has 0 amide bonds. The van der Waals surface area contributed by atoms with E-state index in [1.54, 1.807) is 156 Å². The van der Waals surface area contributed by atoms with E-state index in [0.29, 0.717) is 116 Å². The second kappa shape index (κ2) is 88.4. The largest absolute Gasteiger partial charge is 0.508 e. The first kappa shape index (κ1) is 140. The SMILES string of the molecule is CCOP(=O)(OCC)OCCSSCCCC(=O)c1ccccc1OC(C)=O.CCOP(=O)(OCC)OCCSSCCOC(=O)c1ccc(OC(C)=O)cc1.CCOP(=O)(OCC)OCCSSCCOC(=O)c1cccc(OC(C)=O)c1.CCOP(=O)(OCC)OCCSSCCOC(=O)c1ccccc1O.O=C(OCCSSCCO[N+](=O)[O-])c1cccc(O)c1.O=C(OCCSSCCO[N+](=O)[O-])c1ccccc1O. The third kappa shape index (κ3) is 72.5. The second-order valence-corrected chi connectivity index (χ2v) is 49.5. The van der Waals surface area contributed by atoms with E-state index in [4.69, 9.17) is 92.2 Å². The van der Waals surface area contributed by atoms with E-state index in [9.17, 15) is 97.0 Å². The molecule has 0 fully saturated rings. The Morgan fingerprint density at radius 3 is 0.893 bits per heavy atom. The molecule has 3 N–H and O–H groups in total. The molecule has 0 atom stereocenters. The number of esters is 8. The number of Topliss-reactive ketones (excluding diaryl/α,β-unsaturated/α-hetero) is 1. The summed E-state index contributed by atoms with van der Waals surface area (Å²) in [7, 11) is 4.01. The lowest BCUT2D eigenvalue weighted by molar-refractivity contribution is -0.756. The third-order valence-corrected chi connectivity index (χ3v) is 36.0. The Bertz CT molecular complexity index is 5000. The zero-order chi connectivity index (χ0) is 111. The van der Waals surface area contributed by atoms with E-state index < -0.39 is 89.2 Å². The van der Waals surface area contributed by atoms with Gasteiger partial charge in [0.1, 0.15) is 91.9 Å². The van der Waals surface area contributed by atoms with Crippen molar-refractivity contribution in [1.29, 1.82) is 0 Å². The number of phosphoric acid groups is 4. The minimum atomic E-state index is -3.46. The summed E-state index contributed by atoms with van der Waals surface area (Å²) in [5, 5.41) is 46.3. The van der Waals surface area contributed by atoms with Crippen molar-refractivity contribution in [2.24, 2.45) is 0 Å². The van der Waals surface area contributed by atoms with E-state index in [1.165, 1.54) is 195 Å². The van der Waals surface area contributed by atoms with Crippen molar-refractivity contribution in [3.8, 4) is 34.5 Å². The number of para-hydroxylation sites is 3. The van der Waals surface area contributed by atoms with Crippen LogP contribution < -0.4 is 14.2 Å². The molecule has 0 bridgehead atoms. The van der Waals surface area contributed by atoms with Gasteiger partial charge in [0.15, 0.2) is 5.78 Å². The molecule has 0 aliphatic rings. The summed E-state index contributed by atoms with van der Waals surface area (Å²) in [4.78, 5) is 132. The molecule has 0 saturated carbocycles. The first-order valence-corrected chi connectivity index (χ1v) is 65.9. The number of phenolic OH excluding ortho intramolecular Hbond substituents is 3. The molecule has 6 rings (SSSR count). The summed E-state index contributed by atoms with van der Waals surface area (Å²) in [6.07, 6.45) is 1.06. The first-order valence-electron chi connectivity index (χ1n) is 45.2. The number of phenols is 3. The zero-order valence-corrected chi connectivity index (χ0v) is 96.9. The average Bonchev–Trinajstić information content (AvgIpc) is 0.837. The van der Waals surface area contributed by atoms with Gasteiger partial charge in [-0.05, 0) is 159 Å². The van der Waals surface area contributed by atoms with Crippen molar-refractivity contribution in [2.75, 3.05) is 195 Å². The summed E-state index contributed by atoms with van der Waals surface area (Å²) < 4.78 is 150. The Kier molecular flexibility index (Phi) is 83.2. The molecule has 0 aliphatic carbocycles. The normalized spacial score (nSPS) is 11.0. The van der Waals surface area contributed by atoms with Gasteiger partial charge in [-0.15, -0.1) is 20.2 Å². The quantitative estimate of drug-likeness (QED) is 0.00367. The molecular formula is C89H126N2O42P4S12. The maximum Gasteiger partial charge on any atom is 0.474 e. The van der Waals surface area contributed by atoms with Crippen LogP contribution in [0.4, 0.5) is 0 Å². The molecule has 0 aromatic heterocycles. The Hall–Kier alpha value is -6.81. The van der Waals surface area contributed by atoms with Gasteiger partial charge in [0.05, 0.1) is 102 Å². The van der Waals surface area contributed by atoms with Gasteiger partial charge in [-0.2, -0.15) is 0 Å². The lowest BCUT2D eigenvalue weighted by Crippen LogP contribution is -2.08. The van der Waals surface area contributed by atoms with Crippen molar-refractivity contribution < 1.29 is 189 Å². The van der Waals surface area contributed by atoms with Crippen molar-refractivity contribution in [2.45, 2.75) is 89.0 Å². The summed E-state index contributed by atoms with van der Waals surface area (Å²) in [5.41, 5.74) is 1.69. The summed E-state index contributed by atoms with van der Waals surface area (Å²) >= 11 is 0. The molecule has 0 saturated heterocycles. The van der Waals surface area contributed by atoms with Crippen LogP contribution in [0.5, 0.6) is 34.5 Å². The van der Waals surface area contributed by atoms with E-state index >= 15 is 0 Å². The highest BCUT2D eigenvalue weighted by molar-refractivity contribution is 8.78. The first-order chi connectivity index (χ1) is 71.4. The Morgan fingerprint density at radius 1 is 0.289 bits per heavy atom. The van der Waals surface area contributed by atoms with Crippen molar-refractivity contribution in [1.82, 2.24) is 0 Å². The van der Waals surface area contributed by atoms with Crippen LogP contribution in [-0.4, -0.2) is 274 Å². The molecule has 0 spiro atoms. The highest BCUT2D eigenvalue weighted by atomic mass is 33.1. The zero-order valence-electron chi connectivity index (χ0n) is 83.5. The minimum absolute atomic E-state index is 0.00942. The summed E-state index contributed by atoms with van der Waals surface area (Å²) in [6.45, 7) is 21.8. The highest BCUT2D eigenvalue weighted by Crippen LogP contribution is 2.52. The lowest BCUT2D eigenvalue weighted by Gasteiger charge is -2.15. The number of rotatable bonds is 74. The number of ketones is 1. The molecule has 0 heterocycles. The van der Waals surface area contributed by atoms with E-state index in [-0.39, 0.29) is 160 Å². The second-order valence-electron chi connectivity index (χ2n) is 26.6. The maximum absolute atomic E-state index is 12.3. The van der Waals surface area contributed by atoms with Gasteiger partial charge in [-0.1, -0.05) is 178 Å². The number of carbonyl (C=O) groups is 9. The van der Waals surface area contributed by atoms with Gasteiger partial charge in [0.2, 0.25) is 0 Å². The lowest BCUT2D eigenvalue weighted by atomic mass is 10.1. The standard InChI is InChI=1S/C18H27O7PS2.2C17H25O8PS2.C15H23O7PS2.2C11H13NO6S2/c1-4-22-26(21,23-5-2)24-12-14-28-27-13-8-10-17(20)16-9-6-7-11-18(16)25-15(3)19;1-4-22-26(20,23-5-2)24-11-13-28-27-12-10-21-17(19)15-6-8-16(9-7-15)25-14(3)18;1-4-22-26(20,23-5-2)24-10-12-28-27-11-9-21-17(19)15-7-6-8-16(13-15)25-14(3)18;1-3-20-23(18,21-4-2)22-10-12-25-24-11-9-19-15(17)13-7-5-6-8-14(13)16;13-10-3-1-2-9(8-10)11(14)17-4-6-19-20-7-5-18-12(15)16;13-10-4-2-1-3-9(10)11(14)17-5-7-19-20-8-6-18-12(15)16/h6-7,9,11H,4-5,8,10,12-14H2,1-3H3;6-9H,4-5,10-13H2,1-3H3;6-8,13H,4-5,9-12H2,1-3H3;5-8,16H,3-4,9-12H2,1-2H3;1-3,8,13H,4-7H2;1-4,13H,5-8H2. The monoisotopic (exact) mass is 2400 g/mol. The minimum Gasteiger partial charge on any atom is -0.508 e. The van der Waals surface area contributed by atoms with Crippen LogP contribution in [-0.2, 0) is 120 Å². The van der Waals surface area contributed by atoms with E-state index in [2.05, 4.69) is 9.68 Å². The maximum atomic E-state index is 12.3. The smallest absolute Gasteiger partial charge is 0.474 e. The van der Waals surface area contributed by atoms with Gasteiger partial charge in [-0.25, -0.2) is 42.2 Å². The number of benzene rings is 6. The number of ether oxygens (including phenoxy) is 8. The Labute approximate surface area is 913 Å². The molecule has 149 heavy (non-hydrogen) atoms. The number of aromatic hydroxyl groups is 3. The molecule has 44 nitrogen and oxygen atoms in total. The van der Waals surface area contributed by atoms with Crippen LogP contribution in [0.1, 0.15) is 151 Å². The Balaban J connectivity index is 0.000000898. The summed E-state index contributed by atoms with van der Waals surface area (Å²) in [6, 6.07) is 37.4. The number of carbonyl (C=O) groups excluding carboxylic acids is 9. The van der Waals surface area contributed by atoms with E-state index in [1.807, 2.05) is 0 Å². The highest BCUT2D eigenvalue weighted by Gasteiger charge is 2.29. The molecule has 0 unspecified atom stereocenters. The topological polar surface area (TPSA) is 572 Å². The van der Waals surface area contributed by atoms with Crippen molar-refractivity contribution >= 4 is 214 Å². The van der Waals surface area contributed by atoms with Gasteiger partial charge in [-0.3, -0.25) is 73.5 Å². The van der Waals surface area contributed by atoms with Gasteiger partial charge >= 0.3 is 79.0 Å². The van der Waals surface area contributed by atoms with Gasteiger partial charge < -0.3 is 62.9 Å². The molecule has 6 aromatic rings. The van der Waals surface area contributed by atoms with E-state index in [0.717, 1.165) is 5.75 Å². The fraction of sp³-hybridized carbons (Fsp3) is 0.494. The molecule has 0 radical (unpaired) electrons. The van der Waals surface area contributed by atoms with Crippen LogP contribution in [0.2, 0.25) is 0 Å². The van der Waals surface area contributed by atoms with Crippen LogP contribution >= 0.6 is 161 Å². The molecular weight excluding hydrogens is 2280 g/mol. The van der Waals surface area contributed by atoms with Gasteiger partial charge in [0, 0.05) is 96.2 Å². The van der Waals surface area contributed by atoms with Crippen LogP contribution in [0.15, 0.2) is 146 Å². The van der Waals surface area contributed by atoms with Crippen LogP contribution in [0.25, 0.3) is 0 Å². The number of phosphoric ester groups is 4. The Morgan fingerprint density at radius 2 is 0.570 bits per heavy atom. The molecule has 836 valence electrons. The van der Waals surface area contributed by atoms with Gasteiger partial charge in [0.25, 0.3) is 10.2 Å². The van der Waals surface area contributed by atoms with Crippen LogP contribution in [0.3, 0.4) is 0 Å². The third-order valence-electron chi connectivity index (χ3n) is 15.3. The molecule has 6 aromatic carbocycles. The van der Waals surface area contributed by atoms with Crippen LogP contribution in [0, 0.1) is 20.2 Å². The molecule has 0 aliphatic heterocycles. The number of hydrogen-bond donors (Lipinski definition) is 3. The predicted octanol–water partition coefficient (Wildman–Crippen LogP) is 22.3. The predicted molar refractivity (Wildman–Crippen MR) is 585 cm³/mol. The fourth-order valence-electron chi connectivity index (χ4n) is 9.66. The summed E-state index contributed by atoms with van der Waals surface area (Å²) in [5.74, 6) is 3.77.